The van der Waals surface area contributed by atoms with Crippen LogP contribution in [0.25, 0.3) is 0 Å². The molecule has 3 rings (SSSR count). The molecular formula is C18H25N3O3. The number of hydrogen-bond donors (Lipinski definition) is 1. The normalized spacial score (nSPS) is 24.5. The molecule has 1 aromatic rings. The van der Waals surface area contributed by atoms with Crippen LogP contribution in [-0.4, -0.2) is 60.1 Å². The number of aryl methyl sites for hydroxylation is 1. The predicted molar refractivity (Wildman–Crippen MR) is 91.0 cm³/mol. The zero-order chi connectivity index (χ0) is 17.1. The summed E-state index contributed by atoms with van der Waals surface area (Å²) in [5.74, 6) is 0.794. The van der Waals surface area contributed by atoms with E-state index >= 15 is 0 Å². The Labute approximate surface area is 142 Å². The van der Waals surface area contributed by atoms with E-state index in [0.717, 1.165) is 38.2 Å². The molecule has 6 nitrogen and oxygen atoms in total. The molecular weight excluding hydrogens is 306 g/mol. The number of rotatable bonds is 6. The molecule has 0 saturated carbocycles. The lowest BCUT2D eigenvalue weighted by molar-refractivity contribution is -0.128. The number of benzene rings is 1. The highest BCUT2D eigenvalue weighted by Crippen LogP contribution is 2.20. The van der Waals surface area contributed by atoms with Gasteiger partial charge in [-0.25, -0.2) is 4.79 Å². The van der Waals surface area contributed by atoms with Crippen LogP contribution in [0.1, 0.15) is 25.3 Å². The van der Waals surface area contributed by atoms with E-state index in [9.17, 15) is 9.59 Å². The van der Waals surface area contributed by atoms with Gasteiger partial charge in [0.2, 0.25) is 0 Å². The average Bonchev–Trinajstić information content (AvgIpc) is 3.10. The van der Waals surface area contributed by atoms with Gasteiger partial charge in [0.25, 0.3) is 5.91 Å². The molecule has 6 heteroatoms. The third-order valence-corrected chi connectivity index (χ3v) is 4.69. The second-order valence-electron chi connectivity index (χ2n) is 6.64. The van der Waals surface area contributed by atoms with Gasteiger partial charge in [-0.3, -0.25) is 9.69 Å². The molecule has 0 aliphatic carbocycles. The lowest BCUT2D eigenvalue weighted by Gasteiger charge is -2.21. The zero-order valence-corrected chi connectivity index (χ0v) is 14.3. The van der Waals surface area contributed by atoms with Gasteiger partial charge < -0.3 is 15.0 Å². The summed E-state index contributed by atoms with van der Waals surface area (Å²) in [5.41, 5.74) is 1.22. The van der Waals surface area contributed by atoms with Crippen LogP contribution in [0.2, 0.25) is 0 Å². The van der Waals surface area contributed by atoms with Gasteiger partial charge in [0.1, 0.15) is 11.8 Å². The number of carbonyl (C=O) groups excluding carboxylic acids is 2. The van der Waals surface area contributed by atoms with Crippen LogP contribution < -0.4 is 10.1 Å². The quantitative estimate of drug-likeness (QED) is 0.637. The van der Waals surface area contributed by atoms with E-state index in [0.29, 0.717) is 6.61 Å². The number of ether oxygens (including phenoxy) is 1. The van der Waals surface area contributed by atoms with E-state index in [4.69, 9.17) is 4.74 Å². The Hall–Kier alpha value is -2.08. The number of nitrogens with zero attached hydrogens (tertiary/aromatic N) is 2. The lowest BCUT2D eigenvalue weighted by atomic mass is 10.2. The van der Waals surface area contributed by atoms with Gasteiger partial charge in [0.15, 0.2) is 0 Å². The molecule has 0 bridgehead atoms. The molecule has 2 aliphatic rings. The van der Waals surface area contributed by atoms with Gasteiger partial charge in [-0.1, -0.05) is 17.7 Å². The zero-order valence-electron chi connectivity index (χ0n) is 14.3. The van der Waals surface area contributed by atoms with Crippen molar-refractivity contribution in [2.45, 2.75) is 38.8 Å². The monoisotopic (exact) mass is 331 g/mol. The Kier molecular flexibility index (Phi) is 5.04. The predicted octanol–water partition coefficient (Wildman–Crippen LogP) is 1.78. The van der Waals surface area contributed by atoms with Gasteiger partial charge in [-0.15, -0.1) is 0 Å². The van der Waals surface area contributed by atoms with E-state index in [1.807, 2.05) is 24.3 Å². The first-order chi connectivity index (χ1) is 11.5. The first-order valence-electron chi connectivity index (χ1n) is 8.60. The molecule has 3 amide bonds. The summed E-state index contributed by atoms with van der Waals surface area (Å²) in [5, 5.41) is 2.68. The van der Waals surface area contributed by atoms with Crippen molar-refractivity contribution in [3.05, 3.63) is 29.8 Å². The summed E-state index contributed by atoms with van der Waals surface area (Å²) in [7, 11) is 0. The summed E-state index contributed by atoms with van der Waals surface area (Å²) in [6.07, 6.45) is 1.78. The highest BCUT2D eigenvalue weighted by atomic mass is 16.5. The Bertz CT molecular complexity index is 602. The molecule has 2 fully saturated rings. The van der Waals surface area contributed by atoms with E-state index in [1.54, 1.807) is 6.92 Å². The van der Waals surface area contributed by atoms with Crippen molar-refractivity contribution in [2.75, 3.05) is 26.2 Å². The van der Waals surface area contributed by atoms with Crippen molar-refractivity contribution in [1.82, 2.24) is 15.1 Å². The summed E-state index contributed by atoms with van der Waals surface area (Å²) < 4.78 is 5.74. The van der Waals surface area contributed by atoms with Crippen LogP contribution in [0, 0.1) is 6.92 Å². The smallest absolute Gasteiger partial charge is 0.325 e. The maximum Gasteiger partial charge on any atom is 0.325 e. The molecule has 24 heavy (non-hydrogen) atoms. The second-order valence-corrected chi connectivity index (χ2v) is 6.64. The summed E-state index contributed by atoms with van der Waals surface area (Å²) in [6.45, 7) is 7.05. The Morgan fingerprint density at radius 3 is 2.67 bits per heavy atom. The fraction of sp³-hybridized carbons (Fsp3) is 0.556. The van der Waals surface area contributed by atoms with Crippen LogP contribution in [0.15, 0.2) is 24.3 Å². The van der Waals surface area contributed by atoms with Crippen LogP contribution >= 0.6 is 0 Å². The topological polar surface area (TPSA) is 61.9 Å². The van der Waals surface area contributed by atoms with Gasteiger partial charge in [0.05, 0.1) is 12.6 Å². The number of imide groups is 1. The fourth-order valence-electron chi connectivity index (χ4n) is 3.31. The van der Waals surface area contributed by atoms with Crippen LogP contribution in [-0.2, 0) is 4.79 Å². The van der Waals surface area contributed by atoms with Gasteiger partial charge >= 0.3 is 6.03 Å². The molecule has 0 aromatic heterocycles. The first-order valence-corrected chi connectivity index (χ1v) is 8.60. The van der Waals surface area contributed by atoms with Crippen molar-refractivity contribution in [2.24, 2.45) is 0 Å². The molecule has 1 aromatic carbocycles. The van der Waals surface area contributed by atoms with Crippen molar-refractivity contribution < 1.29 is 14.3 Å². The third kappa shape index (κ3) is 3.70. The molecule has 2 aliphatic heterocycles. The van der Waals surface area contributed by atoms with E-state index < -0.39 is 6.04 Å². The minimum atomic E-state index is -0.394. The maximum atomic E-state index is 12.1. The number of likely N-dealkylation sites (tertiary alicyclic amines) is 1. The number of urea groups is 1. The van der Waals surface area contributed by atoms with E-state index in [-0.39, 0.29) is 18.0 Å². The van der Waals surface area contributed by atoms with Crippen molar-refractivity contribution in [3.8, 4) is 5.75 Å². The molecule has 0 spiro atoms. The lowest BCUT2D eigenvalue weighted by Crippen LogP contribution is -2.42. The van der Waals surface area contributed by atoms with Crippen LogP contribution in [0.4, 0.5) is 4.79 Å². The van der Waals surface area contributed by atoms with Crippen LogP contribution in [0.3, 0.4) is 0 Å². The molecule has 2 saturated heterocycles. The Balaban J connectivity index is 1.39. The Morgan fingerprint density at radius 1 is 1.25 bits per heavy atom. The van der Waals surface area contributed by atoms with Gasteiger partial charge in [-0.2, -0.15) is 0 Å². The average molecular weight is 331 g/mol. The molecule has 2 atom stereocenters. The minimum absolute atomic E-state index is 0.000432. The largest absolute Gasteiger partial charge is 0.494 e. The van der Waals surface area contributed by atoms with Gasteiger partial charge in [-0.05, 0) is 38.8 Å². The number of carbonyl (C=O) groups is 2. The van der Waals surface area contributed by atoms with E-state index in [2.05, 4.69) is 17.1 Å². The number of nitrogens with one attached hydrogen (secondary N) is 1. The summed E-state index contributed by atoms with van der Waals surface area (Å²) >= 11 is 0. The molecule has 2 heterocycles. The van der Waals surface area contributed by atoms with Gasteiger partial charge in [0, 0.05) is 19.6 Å². The van der Waals surface area contributed by atoms with E-state index in [1.165, 1.54) is 10.5 Å². The van der Waals surface area contributed by atoms with Crippen molar-refractivity contribution >= 4 is 11.9 Å². The number of amides is 3. The fourth-order valence-corrected chi connectivity index (χ4v) is 3.31. The minimum Gasteiger partial charge on any atom is -0.494 e. The highest BCUT2D eigenvalue weighted by molar-refractivity contribution is 6.04. The molecule has 130 valence electrons. The summed E-state index contributed by atoms with van der Waals surface area (Å²) in [4.78, 5) is 27.6. The SMILES string of the molecule is Cc1ccc(OCCCN2CCC(N3C(=O)NC(C)C3=O)C2)cc1. The van der Waals surface area contributed by atoms with Crippen LogP contribution in [0.5, 0.6) is 5.75 Å². The standard InChI is InChI=1S/C18H25N3O3/c1-13-4-6-16(7-5-13)24-11-3-9-20-10-8-15(12-20)21-17(22)14(2)19-18(21)23/h4-7,14-15H,3,8-12H2,1-2H3,(H,19,23). The van der Waals surface area contributed by atoms with Crippen molar-refractivity contribution in [3.63, 3.8) is 0 Å². The third-order valence-electron chi connectivity index (χ3n) is 4.69. The molecule has 0 radical (unpaired) electrons. The highest BCUT2D eigenvalue weighted by Gasteiger charge is 2.41. The summed E-state index contributed by atoms with van der Waals surface area (Å²) in [6, 6.07) is 7.41. The Morgan fingerprint density at radius 2 is 2.00 bits per heavy atom. The van der Waals surface area contributed by atoms with Crippen molar-refractivity contribution in [1.29, 1.82) is 0 Å². The first kappa shape index (κ1) is 16.8. The number of hydrogen-bond acceptors (Lipinski definition) is 4. The second kappa shape index (κ2) is 7.21. The molecule has 1 N–H and O–H groups in total. The maximum absolute atomic E-state index is 12.1. The molecule has 2 unspecified atom stereocenters.